The Balaban J connectivity index is 1.36. The third-order valence-electron chi connectivity index (χ3n) is 6.97. The fraction of sp³-hybridized carbons (Fsp3) is 0.444. The maximum atomic E-state index is 11.7. The van der Waals surface area contributed by atoms with Crippen molar-refractivity contribution in [2.45, 2.75) is 64.2 Å². The highest BCUT2D eigenvalue weighted by molar-refractivity contribution is 8.15. The molecule has 36 heavy (non-hydrogen) atoms. The number of rotatable bonds is 7. The SMILES string of the molecule is COC(=O)Oc1c(C)c(C)c2c(c1C)CCC(C)(CCOc1ccc(CC3SC(=N)N=C3N)cc1)O2. The standard InChI is InChI=1S/C27H33N3O5S/c1-15-16(2)23-20(17(3)22(15)34-26(31)32-5)10-11-27(4,35-23)12-13-33-19-8-6-18(7-9-19)14-21-24(28)30-25(29)36-21/h6-9,21H,10-14H2,1-5H3,(H3,28,29,30). The van der Waals surface area contributed by atoms with Crippen molar-refractivity contribution in [3.63, 3.8) is 0 Å². The first-order valence-electron chi connectivity index (χ1n) is 12.0. The smallest absolute Gasteiger partial charge is 0.493 e. The second kappa shape index (κ2) is 10.4. The number of ether oxygens (including phenoxy) is 4. The lowest BCUT2D eigenvalue weighted by atomic mass is 9.86. The van der Waals surface area contributed by atoms with Crippen LogP contribution in [0, 0.1) is 26.2 Å². The lowest BCUT2D eigenvalue weighted by molar-refractivity contribution is 0.0410. The molecule has 4 rings (SSSR count). The predicted octanol–water partition coefficient (Wildman–Crippen LogP) is 5.26. The number of hydrogen-bond acceptors (Lipinski definition) is 8. The van der Waals surface area contributed by atoms with Crippen LogP contribution in [0.4, 0.5) is 4.79 Å². The number of thioether (sulfide) groups is 1. The molecular formula is C27H33N3O5S. The number of amidine groups is 2. The minimum atomic E-state index is -0.719. The summed E-state index contributed by atoms with van der Waals surface area (Å²) in [5, 5.41) is 7.94. The van der Waals surface area contributed by atoms with Crippen LogP contribution < -0.4 is 19.9 Å². The van der Waals surface area contributed by atoms with Gasteiger partial charge in [-0.05, 0) is 81.3 Å². The second-order valence-electron chi connectivity index (χ2n) is 9.51. The van der Waals surface area contributed by atoms with Crippen LogP contribution in [0.3, 0.4) is 0 Å². The van der Waals surface area contributed by atoms with Crippen molar-refractivity contribution < 1.29 is 23.7 Å². The van der Waals surface area contributed by atoms with Gasteiger partial charge < -0.3 is 24.7 Å². The number of benzene rings is 2. The topological polar surface area (TPSA) is 116 Å². The van der Waals surface area contributed by atoms with E-state index in [1.165, 1.54) is 18.9 Å². The van der Waals surface area contributed by atoms with E-state index in [0.29, 0.717) is 18.2 Å². The Bertz CT molecular complexity index is 1210. The van der Waals surface area contributed by atoms with Gasteiger partial charge in [-0.15, -0.1) is 0 Å². The molecule has 2 aliphatic rings. The van der Waals surface area contributed by atoms with Crippen molar-refractivity contribution in [3.05, 3.63) is 52.1 Å². The van der Waals surface area contributed by atoms with Crippen LogP contribution in [0.5, 0.6) is 17.2 Å². The first-order valence-corrected chi connectivity index (χ1v) is 12.9. The molecule has 2 aliphatic heterocycles. The molecule has 0 saturated heterocycles. The van der Waals surface area contributed by atoms with Crippen molar-refractivity contribution in [1.82, 2.24) is 0 Å². The van der Waals surface area contributed by atoms with E-state index in [1.807, 2.05) is 45.0 Å². The summed E-state index contributed by atoms with van der Waals surface area (Å²) in [6.45, 7) is 8.53. The van der Waals surface area contributed by atoms with Crippen LogP contribution in [0.25, 0.3) is 0 Å². The molecule has 0 spiro atoms. The molecule has 2 atom stereocenters. The van der Waals surface area contributed by atoms with Crippen molar-refractivity contribution in [3.8, 4) is 17.2 Å². The number of carbonyl (C=O) groups excluding carboxylic acids is 1. The van der Waals surface area contributed by atoms with E-state index < -0.39 is 6.16 Å². The molecular weight excluding hydrogens is 478 g/mol. The minimum Gasteiger partial charge on any atom is -0.493 e. The number of hydrogen-bond donors (Lipinski definition) is 2. The van der Waals surface area contributed by atoms with E-state index >= 15 is 0 Å². The van der Waals surface area contributed by atoms with Gasteiger partial charge in [0.05, 0.1) is 19.0 Å². The van der Waals surface area contributed by atoms with Gasteiger partial charge in [0.25, 0.3) is 0 Å². The van der Waals surface area contributed by atoms with Gasteiger partial charge in [-0.1, -0.05) is 23.9 Å². The summed E-state index contributed by atoms with van der Waals surface area (Å²) < 4.78 is 22.7. The van der Waals surface area contributed by atoms with Crippen LogP contribution in [0.2, 0.25) is 0 Å². The monoisotopic (exact) mass is 511 g/mol. The number of methoxy groups -OCH3 is 1. The highest BCUT2D eigenvalue weighted by Gasteiger charge is 2.35. The minimum absolute atomic E-state index is 0.0226. The maximum Gasteiger partial charge on any atom is 0.513 e. The number of carbonyl (C=O) groups is 1. The Morgan fingerprint density at radius 2 is 1.94 bits per heavy atom. The molecule has 192 valence electrons. The molecule has 3 N–H and O–H groups in total. The Morgan fingerprint density at radius 3 is 2.58 bits per heavy atom. The number of nitrogens with zero attached hydrogens (tertiary/aromatic N) is 1. The molecule has 0 aliphatic carbocycles. The summed E-state index contributed by atoms with van der Waals surface area (Å²) in [6.07, 6.45) is 2.41. The average molecular weight is 512 g/mol. The quantitative estimate of drug-likeness (QED) is 0.385. The van der Waals surface area contributed by atoms with Gasteiger partial charge in [0.15, 0.2) is 5.17 Å². The van der Waals surface area contributed by atoms with Gasteiger partial charge in [-0.3, -0.25) is 5.41 Å². The van der Waals surface area contributed by atoms with Crippen LogP contribution in [-0.4, -0.2) is 41.7 Å². The molecule has 0 fully saturated rings. The first-order chi connectivity index (χ1) is 17.1. The average Bonchev–Trinajstić information content (AvgIpc) is 3.17. The van der Waals surface area contributed by atoms with E-state index in [2.05, 4.69) is 16.7 Å². The van der Waals surface area contributed by atoms with E-state index in [0.717, 1.165) is 65.0 Å². The molecule has 0 bridgehead atoms. The Morgan fingerprint density at radius 1 is 1.22 bits per heavy atom. The molecule has 0 amide bonds. The predicted molar refractivity (Wildman–Crippen MR) is 142 cm³/mol. The maximum absolute atomic E-state index is 11.7. The zero-order valence-electron chi connectivity index (χ0n) is 21.4. The fourth-order valence-corrected chi connectivity index (χ4v) is 5.49. The molecule has 2 heterocycles. The van der Waals surface area contributed by atoms with Crippen molar-refractivity contribution in [1.29, 1.82) is 5.41 Å². The van der Waals surface area contributed by atoms with Gasteiger partial charge in [0.1, 0.15) is 28.7 Å². The number of fused-ring (bicyclic) bond motifs is 1. The van der Waals surface area contributed by atoms with Gasteiger partial charge >= 0.3 is 6.16 Å². The van der Waals surface area contributed by atoms with Crippen molar-refractivity contribution in [2.24, 2.45) is 10.7 Å². The Labute approximate surface area is 216 Å². The fourth-order valence-electron chi connectivity index (χ4n) is 4.61. The molecule has 9 heteroatoms. The Hall–Kier alpha value is -3.20. The summed E-state index contributed by atoms with van der Waals surface area (Å²) >= 11 is 1.39. The molecule has 2 aromatic rings. The first kappa shape index (κ1) is 25.9. The van der Waals surface area contributed by atoms with Gasteiger partial charge in [-0.2, -0.15) is 0 Å². The van der Waals surface area contributed by atoms with Gasteiger partial charge in [0.2, 0.25) is 0 Å². The number of nitrogens with one attached hydrogen (secondary N) is 1. The summed E-state index contributed by atoms with van der Waals surface area (Å²) in [5.41, 5.74) is 10.5. The van der Waals surface area contributed by atoms with E-state index in [-0.39, 0.29) is 16.0 Å². The molecule has 0 aromatic heterocycles. The Kier molecular flexibility index (Phi) is 7.49. The molecule has 0 radical (unpaired) electrons. The zero-order valence-corrected chi connectivity index (χ0v) is 22.2. The largest absolute Gasteiger partial charge is 0.513 e. The summed E-state index contributed by atoms with van der Waals surface area (Å²) in [6, 6.07) is 7.99. The lowest BCUT2D eigenvalue weighted by Crippen LogP contribution is -2.38. The second-order valence-corrected chi connectivity index (χ2v) is 10.7. The highest BCUT2D eigenvalue weighted by Crippen LogP contribution is 2.44. The normalized spacial score (nSPS) is 20.9. The van der Waals surface area contributed by atoms with Crippen molar-refractivity contribution in [2.75, 3.05) is 13.7 Å². The third-order valence-corrected chi connectivity index (χ3v) is 7.98. The molecule has 2 aromatic carbocycles. The van der Waals surface area contributed by atoms with Gasteiger partial charge in [-0.25, -0.2) is 9.79 Å². The van der Waals surface area contributed by atoms with E-state index in [9.17, 15) is 4.79 Å². The third kappa shape index (κ3) is 5.46. The van der Waals surface area contributed by atoms with Crippen LogP contribution in [-0.2, 0) is 17.6 Å². The number of nitrogens with two attached hydrogens (primary N) is 1. The van der Waals surface area contributed by atoms with E-state index in [1.54, 1.807) is 0 Å². The van der Waals surface area contributed by atoms with Crippen molar-refractivity contribution >= 4 is 28.9 Å². The van der Waals surface area contributed by atoms with Crippen LogP contribution in [0.1, 0.15) is 47.6 Å². The van der Waals surface area contributed by atoms with Crippen LogP contribution in [0.15, 0.2) is 29.3 Å². The summed E-state index contributed by atoms with van der Waals surface area (Å²) in [4.78, 5) is 15.7. The zero-order chi connectivity index (χ0) is 26.0. The van der Waals surface area contributed by atoms with Gasteiger partial charge in [0, 0.05) is 12.0 Å². The molecule has 0 saturated carbocycles. The van der Waals surface area contributed by atoms with Crippen LogP contribution >= 0.6 is 11.8 Å². The highest BCUT2D eigenvalue weighted by atomic mass is 32.2. The number of aliphatic imine (C=N–C) groups is 1. The molecule has 8 nitrogen and oxygen atoms in total. The molecule has 2 unspecified atom stereocenters. The van der Waals surface area contributed by atoms with E-state index in [4.69, 9.17) is 25.4 Å². The summed E-state index contributed by atoms with van der Waals surface area (Å²) in [5.74, 6) is 2.75. The summed E-state index contributed by atoms with van der Waals surface area (Å²) in [7, 11) is 1.30. The lowest BCUT2D eigenvalue weighted by Gasteiger charge is -2.38.